The molecule has 4 nitrogen and oxygen atoms in total. The Kier molecular flexibility index (Phi) is 6.36. The molecule has 1 saturated heterocycles. The minimum atomic E-state index is -0.243. The van der Waals surface area contributed by atoms with Gasteiger partial charge in [0.05, 0.1) is 12.7 Å². The van der Waals surface area contributed by atoms with Crippen molar-refractivity contribution in [1.29, 1.82) is 0 Å². The fraction of sp³-hybridized carbons (Fsp3) is 0.381. The first-order valence-electron chi connectivity index (χ1n) is 9.12. The first-order chi connectivity index (χ1) is 12.7. The Morgan fingerprint density at radius 1 is 1.19 bits per heavy atom. The Bertz CT molecular complexity index is 706. The van der Waals surface area contributed by atoms with Crippen molar-refractivity contribution in [3.8, 4) is 0 Å². The van der Waals surface area contributed by atoms with Crippen molar-refractivity contribution < 1.29 is 13.9 Å². The number of amides is 1. The molecule has 1 unspecified atom stereocenters. The van der Waals surface area contributed by atoms with Crippen molar-refractivity contribution in [3.63, 3.8) is 0 Å². The fourth-order valence-corrected chi connectivity index (χ4v) is 3.28. The number of hydrogen-bond acceptors (Lipinski definition) is 3. The lowest BCUT2D eigenvalue weighted by Gasteiger charge is -2.33. The molecule has 3 rings (SSSR count). The second-order valence-corrected chi connectivity index (χ2v) is 6.44. The zero-order valence-corrected chi connectivity index (χ0v) is 15.1. The number of benzene rings is 2. The Labute approximate surface area is 154 Å². The molecule has 0 radical (unpaired) electrons. The van der Waals surface area contributed by atoms with E-state index in [1.165, 1.54) is 12.1 Å². The SMILES string of the molecule is CCN(C(=O)CCN1CCOC(c2ccc(F)cc2)C1)c1ccccc1. The summed E-state index contributed by atoms with van der Waals surface area (Å²) in [5.41, 5.74) is 1.91. The van der Waals surface area contributed by atoms with Crippen molar-refractivity contribution in [2.24, 2.45) is 0 Å². The molecule has 0 aromatic heterocycles. The van der Waals surface area contributed by atoms with E-state index in [2.05, 4.69) is 4.90 Å². The normalized spacial score (nSPS) is 17.8. The quantitative estimate of drug-likeness (QED) is 0.792. The maximum absolute atomic E-state index is 13.1. The van der Waals surface area contributed by atoms with Gasteiger partial charge in [-0.1, -0.05) is 30.3 Å². The predicted molar refractivity (Wildman–Crippen MR) is 101 cm³/mol. The van der Waals surface area contributed by atoms with Gasteiger partial charge in [0.25, 0.3) is 0 Å². The van der Waals surface area contributed by atoms with E-state index in [-0.39, 0.29) is 17.8 Å². The standard InChI is InChI=1S/C21H25FN2O2/c1-2-24(19-6-4-3-5-7-19)21(25)12-13-23-14-15-26-20(16-23)17-8-10-18(22)11-9-17/h3-11,20H,2,12-16H2,1H3. The molecule has 2 aromatic rings. The van der Waals surface area contributed by atoms with Crippen LogP contribution in [0.3, 0.4) is 0 Å². The van der Waals surface area contributed by atoms with Gasteiger partial charge in [-0.05, 0) is 36.8 Å². The van der Waals surface area contributed by atoms with Crippen LogP contribution in [0.1, 0.15) is 25.0 Å². The molecule has 0 spiro atoms. The van der Waals surface area contributed by atoms with Crippen LogP contribution in [0.2, 0.25) is 0 Å². The van der Waals surface area contributed by atoms with E-state index < -0.39 is 0 Å². The summed E-state index contributed by atoms with van der Waals surface area (Å²) in [6.07, 6.45) is 0.398. The third kappa shape index (κ3) is 4.68. The molecule has 1 aliphatic heterocycles. The third-order valence-electron chi connectivity index (χ3n) is 4.72. The van der Waals surface area contributed by atoms with Crippen molar-refractivity contribution in [2.45, 2.75) is 19.4 Å². The van der Waals surface area contributed by atoms with Crippen molar-refractivity contribution in [1.82, 2.24) is 4.90 Å². The lowest BCUT2D eigenvalue weighted by Crippen LogP contribution is -2.41. The first-order valence-corrected chi connectivity index (χ1v) is 9.12. The largest absolute Gasteiger partial charge is 0.371 e. The molecule has 1 heterocycles. The molecule has 1 amide bonds. The number of halogens is 1. The highest BCUT2D eigenvalue weighted by Gasteiger charge is 2.23. The third-order valence-corrected chi connectivity index (χ3v) is 4.72. The molecule has 138 valence electrons. The Balaban J connectivity index is 1.55. The minimum Gasteiger partial charge on any atom is -0.371 e. The summed E-state index contributed by atoms with van der Waals surface area (Å²) >= 11 is 0. The Hall–Kier alpha value is -2.24. The van der Waals surface area contributed by atoms with E-state index in [0.717, 1.165) is 24.3 Å². The Morgan fingerprint density at radius 2 is 1.92 bits per heavy atom. The van der Waals surface area contributed by atoms with Crippen LogP contribution in [0.4, 0.5) is 10.1 Å². The fourth-order valence-electron chi connectivity index (χ4n) is 3.28. The van der Waals surface area contributed by atoms with Crippen molar-refractivity contribution >= 4 is 11.6 Å². The summed E-state index contributed by atoms with van der Waals surface area (Å²) in [7, 11) is 0. The molecule has 0 saturated carbocycles. The highest BCUT2D eigenvalue weighted by molar-refractivity contribution is 5.93. The van der Waals surface area contributed by atoms with Gasteiger partial charge in [0.2, 0.25) is 5.91 Å². The van der Waals surface area contributed by atoms with Gasteiger partial charge >= 0.3 is 0 Å². The number of morpholine rings is 1. The number of hydrogen-bond donors (Lipinski definition) is 0. The van der Waals surface area contributed by atoms with E-state index in [1.807, 2.05) is 42.2 Å². The van der Waals surface area contributed by atoms with Crippen LogP contribution >= 0.6 is 0 Å². The van der Waals surface area contributed by atoms with E-state index in [1.54, 1.807) is 12.1 Å². The molecule has 26 heavy (non-hydrogen) atoms. The summed E-state index contributed by atoms with van der Waals surface area (Å²) in [6.45, 7) is 5.49. The number of nitrogens with zero attached hydrogens (tertiary/aromatic N) is 2. The van der Waals surface area contributed by atoms with E-state index in [4.69, 9.17) is 4.74 Å². The van der Waals surface area contributed by atoms with Gasteiger partial charge < -0.3 is 9.64 Å². The topological polar surface area (TPSA) is 32.8 Å². The molecule has 1 aliphatic rings. The minimum absolute atomic E-state index is 0.0733. The molecule has 0 aliphatic carbocycles. The number of anilines is 1. The summed E-state index contributed by atoms with van der Waals surface area (Å²) < 4.78 is 18.9. The van der Waals surface area contributed by atoms with E-state index in [0.29, 0.717) is 26.1 Å². The lowest BCUT2D eigenvalue weighted by molar-refractivity contribution is -0.119. The maximum atomic E-state index is 13.1. The molecule has 0 bridgehead atoms. The molecular formula is C21H25FN2O2. The average Bonchev–Trinajstić information content (AvgIpc) is 2.68. The van der Waals surface area contributed by atoms with Gasteiger partial charge in [-0.15, -0.1) is 0 Å². The zero-order chi connectivity index (χ0) is 18.4. The summed E-state index contributed by atoms with van der Waals surface area (Å²) in [5.74, 6) is -0.115. The van der Waals surface area contributed by atoms with Crippen LogP contribution < -0.4 is 4.90 Å². The van der Waals surface area contributed by atoms with Crippen molar-refractivity contribution in [2.75, 3.05) is 37.7 Å². The number of rotatable bonds is 6. The summed E-state index contributed by atoms with van der Waals surface area (Å²) in [5, 5.41) is 0. The number of carbonyl (C=O) groups is 1. The van der Waals surface area contributed by atoms with Crippen LogP contribution in [0.5, 0.6) is 0 Å². The number of para-hydroxylation sites is 1. The van der Waals surface area contributed by atoms with Crippen LogP contribution in [-0.4, -0.2) is 43.6 Å². The van der Waals surface area contributed by atoms with Gasteiger partial charge in [-0.2, -0.15) is 0 Å². The highest BCUT2D eigenvalue weighted by Crippen LogP contribution is 2.23. The van der Waals surface area contributed by atoms with Crippen molar-refractivity contribution in [3.05, 3.63) is 66.0 Å². The highest BCUT2D eigenvalue weighted by atomic mass is 19.1. The first kappa shape index (κ1) is 18.5. The molecule has 0 N–H and O–H groups in total. The van der Waals surface area contributed by atoms with Crippen LogP contribution in [0, 0.1) is 5.82 Å². The van der Waals surface area contributed by atoms with Gasteiger partial charge in [0.1, 0.15) is 5.82 Å². The molecular weight excluding hydrogens is 331 g/mol. The molecule has 5 heteroatoms. The van der Waals surface area contributed by atoms with Gasteiger partial charge in [0.15, 0.2) is 0 Å². The zero-order valence-electron chi connectivity index (χ0n) is 15.1. The van der Waals surface area contributed by atoms with E-state index in [9.17, 15) is 9.18 Å². The predicted octanol–water partition coefficient (Wildman–Crippen LogP) is 3.64. The van der Waals surface area contributed by atoms with Crippen LogP contribution in [0.15, 0.2) is 54.6 Å². The smallest absolute Gasteiger partial charge is 0.228 e. The van der Waals surface area contributed by atoms with Gasteiger partial charge in [-0.25, -0.2) is 4.39 Å². The number of ether oxygens (including phenoxy) is 1. The second-order valence-electron chi connectivity index (χ2n) is 6.44. The maximum Gasteiger partial charge on any atom is 0.228 e. The summed E-state index contributed by atoms with van der Waals surface area (Å²) in [6, 6.07) is 16.2. The second kappa shape index (κ2) is 8.92. The van der Waals surface area contributed by atoms with Gasteiger partial charge in [0, 0.05) is 38.3 Å². The average molecular weight is 356 g/mol. The van der Waals surface area contributed by atoms with Crippen LogP contribution in [0.25, 0.3) is 0 Å². The molecule has 1 fully saturated rings. The Morgan fingerprint density at radius 3 is 2.62 bits per heavy atom. The van der Waals surface area contributed by atoms with Crippen LogP contribution in [-0.2, 0) is 9.53 Å². The molecule has 1 atom stereocenters. The number of carbonyl (C=O) groups excluding carboxylic acids is 1. The van der Waals surface area contributed by atoms with Gasteiger partial charge in [-0.3, -0.25) is 9.69 Å². The summed E-state index contributed by atoms with van der Waals surface area (Å²) in [4.78, 5) is 16.7. The monoisotopic (exact) mass is 356 g/mol. The van der Waals surface area contributed by atoms with E-state index >= 15 is 0 Å². The molecule has 2 aromatic carbocycles. The lowest BCUT2D eigenvalue weighted by atomic mass is 10.1.